The number of ether oxygens (including phenoxy) is 1. The van der Waals surface area contributed by atoms with Gasteiger partial charge >= 0.3 is 0 Å². The average Bonchev–Trinajstić information content (AvgIpc) is 3.67. The summed E-state index contributed by atoms with van der Waals surface area (Å²) >= 11 is 0. The Morgan fingerprint density at radius 3 is 2.90 bits per heavy atom. The number of hydrogen-bond donors (Lipinski definition) is 3. The maximum absolute atomic E-state index is 13.8. The number of H-pyrrole nitrogens is 1. The molecule has 10 heteroatoms. The number of rotatable bonds is 9. The molecule has 0 spiro atoms. The first-order valence-corrected chi connectivity index (χ1v) is 13.3. The number of hydrogen-bond acceptors (Lipinski definition) is 6. The van der Waals surface area contributed by atoms with Gasteiger partial charge in [-0.25, -0.2) is 0 Å². The van der Waals surface area contributed by atoms with E-state index in [9.17, 15) is 14.4 Å². The molecule has 3 N–H and O–H groups in total. The Morgan fingerprint density at radius 1 is 1.31 bits per heavy atom. The van der Waals surface area contributed by atoms with Crippen LogP contribution in [-0.4, -0.2) is 78.1 Å². The maximum Gasteiger partial charge on any atom is 0.270 e. The lowest BCUT2D eigenvalue weighted by atomic mass is 9.96. The van der Waals surface area contributed by atoms with Crippen LogP contribution in [0, 0.1) is 11.8 Å². The van der Waals surface area contributed by atoms with Gasteiger partial charge in [0.05, 0.1) is 13.2 Å². The first kappa shape index (κ1) is 26.4. The summed E-state index contributed by atoms with van der Waals surface area (Å²) in [5.41, 5.74) is 2.26. The van der Waals surface area contributed by atoms with Gasteiger partial charge in [-0.1, -0.05) is 12.1 Å². The van der Waals surface area contributed by atoms with E-state index in [0.717, 1.165) is 22.9 Å². The molecule has 2 aromatic heterocycles. The minimum Gasteiger partial charge on any atom is -0.496 e. The highest BCUT2D eigenvalue weighted by Gasteiger charge is 2.41. The number of fused-ring (bicyclic) bond motifs is 1. The minimum atomic E-state index is -0.655. The number of pyridine rings is 1. The molecule has 39 heavy (non-hydrogen) atoms. The molecule has 1 aromatic carbocycles. The Bertz CT molecular complexity index is 1370. The molecule has 204 valence electrons. The molecule has 0 aliphatic carbocycles. The molecule has 0 bridgehead atoms. The number of likely N-dealkylation sites (tertiary alicyclic amines) is 1. The molecule has 3 aromatic rings. The van der Waals surface area contributed by atoms with Crippen LogP contribution in [0.1, 0.15) is 35.3 Å². The highest BCUT2D eigenvalue weighted by atomic mass is 16.5. The van der Waals surface area contributed by atoms with Gasteiger partial charge < -0.3 is 25.3 Å². The Labute approximate surface area is 227 Å². The van der Waals surface area contributed by atoms with Crippen LogP contribution in [0.4, 0.5) is 0 Å². The third-order valence-electron chi connectivity index (χ3n) is 7.63. The van der Waals surface area contributed by atoms with Crippen molar-refractivity contribution in [3.05, 3.63) is 60.0 Å². The second kappa shape index (κ2) is 11.7. The van der Waals surface area contributed by atoms with Crippen LogP contribution in [0.3, 0.4) is 0 Å². The number of carbonyl (C=O) groups excluding carboxylic acids is 3. The summed E-state index contributed by atoms with van der Waals surface area (Å²) in [5.74, 6) is 0.112. The molecule has 2 fully saturated rings. The maximum atomic E-state index is 13.8. The largest absolute Gasteiger partial charge is 0.496 e. The third-order valence-corrected chi connectivity index (χ3v) is 7.63. The van der Waals surface area contributed by atoms with Crippen molar-refractivity contribution in [2.24, 2.45) is 16.8 Å². The lowest BCUT2D eigenvalue weighted by molar-refractivity contribution is -0.126. The summed E-state index contributed by atoms with van der Waals surface area (Å²) in [4.78, 5) is 52.9. The number of aromatic amines is 1. The van der Waals surface area contributed by atoms with Gasteiger partial charge in [0.25, 0.3) is 5.91 Å². The molecule has 3 amide bonds. The number of nitrogens with zero attached hydrogens (tertiary/aromatic N) is 3. The van der Waals surface area contributed by atoms with E-state index in [1.807, 2.05) is 36.5 Å². The zero-order valence-corrected chi connectivity index (χ0v) is 22.2. The zero-order chi connectivity index (χ0) is 27.4. The molecular formula is C29H34N6O4. The molecular weight excluding hydrogens is 496 g/mol. The summed E-state index contributed by atoms with van der Waals surface area (Å²) in [5, 5.41) is 6.73. The van der Waals surface area contributed by atoms with Crippen molar-refractivity contribution >= 4 is 34.8 Å². The summed E-state index contributed by atoms with van der Waals surface area (Å²) in [6.45, 7) is 1.08. The molecule has 4 heterocycles. The van der Waals surface area contributed by atoms with Crippen LogP contribution < -0.4 is 15.4 Å². The smallest absolute Gasteiger partial charge is 0.270 e. The van der Waals surface area contributed by atoms with Crippen LogP contribution in [0.5, 0.6) is 5.75 Å². The molecule has 4 atom stereocenters. The SMILES string of the molecule is C/N=C\[C@H](C[C@@H]1CCNC1=O)NC(=O)[C@@H]1C[C@@H](Cc2cccnc2)CN1C(=O)c1cc2c(OC)cccc2[nH]1. The Kier molecular flexibility index (Phi) is 7.90. The van der Waals surface area contributed by atoms with Crippen LogP contribution in [0.25, 0.3) is 10.9 Å². The monoisotopic (exact) mass is 530 g/mol. The van der Waals surface area contributed by atoms with Gasteiger partial charge in [-0.05, 0) is 61.4 Å². The fourth-order valence-corrected chi connectivity index (χ4v) is 5.76. The van der Waals surface area contributed by atoms with Crippen LogP contribution in [0.2, 0.25) is 0 Å². The number of aliphatic imine (C=N–C) groups is 1. The fraction of sp³-hybridized carbons (Fsp3) is 0.414. The van der Waals surface area contributed by atoms with Crippen LogP contribution >= 0.6 is 0 Å². The number of benzene rings is 1. The first-order chi connectivity index (χ1) is 19.0. The second-order valence-corrected chi connectivity index (χ2v) is 10.3. The predicted molar refractivity (Wildman–Crippen MR) is 148 cm³/mol. The van der Waals surface area contributed by atoms with Crippen molar-refractivity contribution in [3.8, 4) is 5.75 Å². The van der Waals surface area contributed by atoms with Gasteiger partial charge in [0, 0.05) is 55.6 Å². The quantitative estimate of drug-likeness (QED) is 0.366. The van der Waals surface area contributed by atoms with Gasteiger partial charge in [-0.2, -0.15) is 0 Å². The summed E-state index contributed by atoms with van der Waals surface area (Å²) in [6.07, 6.45) is 7.66. The van der Waals surface area contributed by atoms with E-state index >= 15 is 0 Å². The Morgan fingerprint density at radius 2 is 2.18 bits per heavy atom. The van der Waals surface area contributed by atoms with Crippen molar-refractivity contribution in [1.82, 2.24) is 25.5 Å². The van der Waals surface area contributed by atoms with Crippen molar-refractivity contribution in [2.75, 3.05) is 27.2 Å². The van der Waals surface area contributed by atoms with Crippen molar-refractivity contribution in [3.63, 3.8) is 0 Å². The van der Waals surface area contributed by atoms with Gasteiger partial charge in [-0.3, -0.25) is 24.4 Å². The summed E-state index contributed by atoms with van der Waals surface area (Å²) in [6, 6.07) is 10.2. The molecule has 0 saturated carbocycles. The molecule has 2 saturated heterocycles. The number of nitrogens with one attached hydrogen (secondary N) is 3. The Hall–Kier alpha value is -4.21. The molecule has 2 aliphatic heterocycles. The molecule has 5 rings (SSSR count). The highest BCUT2D eigenvalue weighted by Crippen LogP contribution is 2.31. The molecule has 10 nitrogen and oxygen atoms in total. The molecule has 0 radical (unpaired) electrons. The predicted octanol–water partition coefficient (Wildman–Crippen LogP) is 2.36. The van der Waals surface area contributed by atoms with E-state index in [1.54, 1.807) is 37.5 Å². The van der Waals surface area contributed by atoms with Crippen molar-refractivity contribution < 1.29 is 19.1 Å². The third kappa shape index (κ3) is 5.79. The average molecular weight is 531 g/mol. The number of aromatic nitrogens is 2. The molecule has 0 unspecified atom stereocenters. The minimum absolute atomic E-state index is 0.00203. The van der Waals surface area contributed by atoms with E-state index in [4.69, 9.17) is 4.74 Å². The van der Waals surface area contributed by atoms with E-state index < -0.39 is 12.1 Å². The topological polar surface area (TPSA) is 129 Å². The Balaban J connectivity index is 1.38. The summed E-state index contributed by atoms with van der Waals surface area (Å²) < 4.78 is 5.46. The lowest BCUT2D eigenvalue weighted by Crippen LogP contribution is -2.50. The zero-order valence-electron chi connectivity index (χ0n) is 22.2. The van der Waals surface area contributed by atoms with Crippen molar-refractivity contribution in [1.29, 1.82) is 0 Å². The number of methoxy groups -OCH3 is 1. The molecule has 2 aliphatic rings. The standard InChI is InChI=1S/C29H34N6O4/c1-30-16-21(13-20-8-10-32-27(20)36)33-28(37)25-12-19(11-18-5-4-9-31-15-18)17-35(25)29(38)24-14-22-23(34-24)6-3-7-26(22)39-2/h3-7,9,14-16,19-21,25,34H,8,10-13,17H2,1-2H3,(H,32,36)(H,33,37)/b30-16-/t19-,20+,21+,25+/m1/s1. The van der Waals surface area contributed by atoms with E-state index in [-0.39, 0.29) is 29.6 Å². The van der Waals surface area contributed by atoms with Crippen molar-refractivity contribution in [2.45, 2.75) is 37.8 Å². The van der Waals surface area contributed by atoms with Gasteiger partial charge in [0.1, 0.15) is 17.5 Å². The number of carbonyl (C=O) groups is 3. The fourth-order valence-electron chi connectivity index (χ4n) is 5.76. The van der Waals surface area contributed by atoms with E-state index in [0.29, 0.717) is 43.8 Å². The van der Waals surface area contributed by atoms with Crippen LogP contribution in [0.15, 0.2) is 53.8 Å². The number of amides is 3. The second-order valence-electron chi connectivity index (χ2n) is 10.3. The van der Waals surface area contributed by atoms with E-state index in [2.05, 4.69) is 25.6 Å². The van der Waals surface area contributed by atoms with E-state index in [1.165, 1.54) is 0 Å². The van der Waals surface area contributed by atoms with Gasteiger partial charge in [0.2, 0.25) is 11.8 Å². The van der Waals surface area contributed by atoms with Crippen LogP contribution in [-0.2, 0) is 16.0 Å². The van der Waals surface area contributed by atoms with Gasteiger partial charge in [0.15, 0.2) is 0 Å². The lowest BCUT2D eigenvalue weighted by Gasteiger charge is -2.26. The summed E-state index contributed by atoms with van der Waals surface area (Å²) in [7, 11) is 3.24. The highest BCUT2D eigenvalue weighted by molar-refractivity contribution is 6.02. The first-order valence-electron chi connectivity index (χ1n) is 13.3. The van der Waals surface area contributed by atoms with Gasteiger partial charge in [-0.15, -0.1) is 0 Å². The normalized spacial score (nSPS) is 21.8.